The zero-order valence-electron chi connectivity index (χ0n) is 16.1. The highest BCUT2D eigenvalue weighted by atomic mass is 19.1. The van der Waals surface area contributed by atoms with Crippen LogP contribution in [0.4, 0.5) is 8.78 Å². The Labute approximate surface area is 167 Å². The lowest BCUT2D eigenvalue weighted by atomic mass is 10.1. The van der Waals surface area contributed by atoms with Crippen LogP contribution >= 0.6 is 0 Å². The Hall–Kier alpha value is -3.26. The fraction of sp³-hybridized carbons (Fsp3) is 0.238. The third-order valence-electron chi connectivity index (χ3n) is 4.19. The van der Waals surface area contributed by atoms with Crippen LogP contribution < -0.4 is 10.1 Å². The van der Waals surface area contributed by atoms with Gasteiger partial charge in [0.25, 0.3) is 5.91 Å². The molecule has 0 aliphatic heterocycles. The van der Waals surface area contributed by atoms with E-state index < -0.39 is 17.5 Å². The minimum Gasteiger partial charge on any atom is -0.491 e. The summed E-state index contributed by atoms with van der Waals surface area (Å²) < 4.78 is 39.2. The van der Waals surface area contributed by atoms with Gasteiger partial charge < -0.3 is 14.8 Å². The summed E-state index contributed by atoms with van der Waals surface area (Å²) in [7, 11) is 3.23. The van der Waals surface area contributed by atoms with Gasteiger partial charge >= 0.3 is 0 Å². The highest BCUT2D eigenvalue weighted by molar-refractivity contribution is 5.99. The van der Waals surface area contributed by atoms with E-state index in [-0.39, 0.29) is 23.4 Å². The first-order valence-electron chi connectivity index (χ1n) is 8.96. The Balaban J connectivity index is 1.69. The quantitative estimate of drug-likeness (QED) is 0.588. The minimum atomic E-state index is -0.776. The van der Waals surface area contributed by atoms with Gasteiger partial charge in [-0.1, -0.05) is 12.1 Å². The Morgan fingerprint density at radius 2 is 1.90 bits per heavy atom. The second-order valence-corrected chi connectivity index (χ2v) is 6.36. The molecule has 0 radical (unpaired) electrons. The standard InChI is InChI=1S/C21H21F2N3O3/c1-26-13-18(20(25-26)17-8-5-15(22)11-19(17)23)21(27)24-12-14-3-6-16(7-4-14)29-10-9-28-2/h3-8,11,13H,9-10,12H2,1-2H3,(H,24,27). The van der Waals surface area contributed by atoms with Crippen molar-refractivity contribution in [3.8, 4) is 17.0 Å². The molecule has 0 aliphatic rings. The van der Waals surface area contributed by atoms with E-state index in [4.69, 9.17) is 9.47 Å². The van der Waals surface area contributed by atoms with Crippen molar-refractivity contribution in [2.75, 3.05) is 20.3 Å². The number of carbonyl (C=O) groups excluding carboxylic acids is 1. The summed E-state index contributed by atoms with van der Waals surface area (Å²) in [6.07, 6.45) is 1.50. The van der Waals surface area contributed by atoms with Gasteiger partial charge in [0.15, 0.2) is 0 Å². The minimum absolute atomic E-state index is 0.0645. The normalized spacial score (nSPS) is 10.8. The molecule has 152 valence electrons. The van der Waals surface area contributed by atoms with Gasteiger partial charge in [0.1, 0.15) is 29.7 Å². The molecule has 1 N–H and O–H groups in total. The Bertz CT molecular complexity index is 987. The van der Waals surface area contributed by atoms with E-state index in [2.05, 4.69) is 10.4 Å². The molecule has 0 saturated heterocycles. The number of benzene rings is 2. The average Bonchev–Trinajstić information content (AvgIpc) is 3.09. The molecule has 0 bridgehead atoms. The van der Waals surface area contributed by atoms with E-state index in [1.165, 1.54) is 16.9 Å². The number of amides is 1. The Morgan fingerprint density at radius 1 is 1.14 bits per heavy atom. The SMILES string of the molecule is COCCOc1ccc(CNC(=O)c2cn(C)nc2-c2ccc(F)cc2F)cc1. The number of hydrogen-bond acceptors (Lipinski definition) is 4. The van der Waals surface area contributed by atoms with Crippen LogP contribution in [0.1, 0.15) is 15.9 Å². The summed E-state index contributed by atoms with van der Waals surface area (Å²) >= 11 is 0. The van der Waals surface area contributed by atoms with Crippen molar-refractivity contribution in [3.63, 3.8) is 0 Å². The molecule has 6 nitrogen and oxygen atoms in total. The van der Waals surface area contributed by atoms with Crippen LogP contribution in [0.2, 0.25) is 0 Å². The van der Waals surface area contributed by atoms with Gasteiger partial charge in [0, 0.05) is 38.5 Å². The van der Waals surface area contributed by atoms with Gasteiger partial charge in [-0.05, 0) is 29.8 Å². The molecular formula is C21H21F2N3O3. The molecule has 29 heavy (non-hydrogen) atoms. The van der Waals surface area contributed by atoms with E-state index in [1.807, 2.05) is 12.1 Å². The Morgan fingerprint density at radius 3 is 2.59 bits per heavy atom. The number of methoxy groups -OCH3 is 1. The summed E-state index contributed by atoms with van der Waals surface area (Å²) in [5, 5.41) is 6.95. The summed E-state index contributed by atoms with van der Waals surface area (Å²) in [6.45, 7) is 1.23. The van der Waals surface area contributed by atoms with Crippen molar-refractivity contribution >= 4 is 5.91 Å². The predicted molar refractivity (Wildman–Crippen MR) is 104 cm³/mol. The average molecular weight is 401 g/mol. The largest absolute Gasteiger partial charge is 0.491 e. The fourth-order valence-corrected chi connectivity index (χ4v) is 2.76. The molecule has 0 aliphatic carbocycles. The third-order valence-corrected chi connectivity index (χ3v) is 4.19. The van der Waals surface area contributed by atoms with E-state index in [0.717, 1.165) is 17.7 Å². The van der Waals surface area contributed by atoms with Crippen molar-refractivity contribution < 1.29 is 23.0 Å². The highest BCUT2D eigenvalue weighted by Gasteiger charge is 2.20. The topological polar surface area (TPSA) is 65.4 Å². The van der Waals surface area contributed by atoms with Crippen LogP contribution in [0.25, 0.3) is 11.3 Å². The molecular weight excluding hydrogens is 380 g/mol. The van der Waals surface area contributed by atoms with E-state index in [9.17, 15) is 13.6 Å². The fourth-order valence-electron chi connectivity index (χ4n) is 2.76. The van der Waals surface area contributed by atoms with E-state index >= 15 is 0 Å². The number of nitrogens with zero attached hydrogens (tertiary/aromatic N) is 2. The predicted octanol–water partition coefficient (Wildman–Crippen LogP) is 3.32. The lowest BCUT2D eigenvalue weighted by Gasteiger charge is -2.08. The number of aryl methyl sites for hydroxylation is 1. The van der Waals surface area contributed by atoms with Crippen LogP contribution in [0.3, 0.4) is 0 Å². The van der Waals surface area contributed by atoms with Crippen molar-refractivity contribution in [2.45, 2.75) is 6.54 Å². The first kappa shape index (κ1) is 20.5. The second kappa shape index (κ2) is 9.29. The third kappa shape index (κ3) is 5.17. The van der Waals surface area contributed by atoms with Gasteiger partial charge in [-0.3, -0.25) is 9.48 Å². The zero-order chi connectivity index (χ0) is 20.8. The van der Waals surface area contributed by atoms with Crippen LogP contribution in [-0.4, -0.2) is 36.0 Å². The molecule has 0 unspecified atom stereocenters. The van der Waals surface area contributed by atoms with Crippen LogP contribution in [0.15, 0.2) is 48.7 Å². The number of hydrogen-bond donors (Lipinski definition) is 1. The number of aromatic nitrogens is 2. The molecule has 2 aromatic carbocycles. The van der Waals surface area contributed by atoms with Crippen LogP contribution in [0, 0.1) is 11.6 Å². The second-order valence-electron chi connectivity index (χ2n) is 6.36. The molecule has 3 aromatic rings. The maximum absolute atomic E-state index is 14.1. The first-order valence-corrected chi connectivity index (χ1v) is 8.96. The number of nitrogens with one attached hydrogen (secondary N) is 1. The molecule has 1 aromatic heterocycles. The van der Waals surface area contributed by atoms with Crippen molar-refractivity contribution in [1.82, 2.24) is 15.1 Å². The maximum atomic E-state index is 14.1. The molecule has 1 heterocycles. The summed E-state index contributed by atoms with van der Waals surface area (Å²) in [4.78, 5) is 12.6. The summed E-state index contributed by atoms with van der Waals surface area (Å²) in [6, 6.07) is 10.5. The number of carbonyl (C=O) groups is 1. The maximum Gasteiger partial charge on any atom is 0.255 e. The number of ether oxygens (including phenoxy) is 2. The van der Waals surface area contributed by atoms with E-state index in [1.54, 1.807) is 26.3 Å². The Kier molecular flexibility index (Phi) is 6.56. The molecule has 0 fully saturated rings. The molecule has 0 saturated carbocycles. The number of rotatable bonds is 8. The smallest absolute Gasteiger partial charge is 0.255 e. The molecule has 8 heteroatoms. The highest BCUT2D eigenvalue weighted by Crippen LogP contribution is 2.25. The van der Waals surface area contributed by atoms with E-state index in [0.29, 0.717) is 19.0 Å². The molecule has 1 amide bonds. The van der Waals surface area contributed by atoms with Gasteiger partial charge in [-0.2, -0.15) is 5.10 Å². The van der Waals surface area contributed by atoms with Gasteiger partial charge in [0.2, 0.25) is 0 Å². The van der Waals surface area contributed by atoms with Crippen molar-refractivity contribution in [3.05, 3.63) is 71.4 Å². The van der Waals surface area contributed by atoms with Crippen molar-refractivity contribution in [1.29, 1.82) is 0 Å². The van der Waals surface area contributed by atoms with Crippen molar-refractivity contribution in [2.24, 2.45) is 7.05 Å². The first-order chi connectivity index (χ1) is 14.0. The van der Waals surface area contributed by atoms with Gasteiger partial charge in [-0.15, -0.1) is 0 Å². The van der Waals surface area contributed by atoms with Gasteiger partial charge in [-0.25, -0.2) is 8.78 Å². The molecule has 0 spiro atoms. The molecule has 3 rings (SSSR count). The van der Waals surface area contributed by atoms with Crippen LogP contribution in [0.5, 0.6) is 5.75 Å². The monoisotopic (exact) mass is 401 g/mol. The summed E-state index contributed by atoms with van der Waals surface area (Å²) in [5.74, 6) is -1.17. The summed E-state index contributed by atoms with van der Waals surface area (Å²) in [5.41, 5.74) is 1.30. The van der Waals surface area contributed by atoms with Crippen LogP contribution in [-0.2, 0) is 18.3 Å². The lowest BCUT2D eigenvalue weighted by Crippen LogP contribution is -2.23. The van der Waals surface area contributed by atoms with Gasteiger partial charge in [0.05, 0.1) is 12.2 Å². The zero-order valence-corrected chi connectivity index (χ0v) is 16.1. The molecule has 0 atom stereocenters. The number of halogens is 2. The lowest BCUT2D eigenvalue weighted by molar-refractivity contribution is 0.0951.